The SMILES string of the molecule is Cc1noc(C)c1-c1ccc2c(c1)nc([C@@H]1CCCC(=O)N1c1ccc(F)c(F)c1)n2C1CCN(CC(=O)Nc2cnc(-c3ccc(CNc4cccc5c4C(=O)N(C4CCC(=O)NC4=O)C5=O)cc3)nc2)CC1. The minimum Gasteiger partial charge on any atom is -0.380 e. The molecule has 0 radical (unpaired) electrons. The second-order valence-corrected chi connectivity index (χ2v) is 19.1. The van der Waals surface area contributed by atoms with Gasteiger partial charge < -0.3 is 24.6 Å². The molecule has 0 aliphatic carbocycles. The van der Waals surface area contributed by atoms with Crippen LogP contribution >= 0.6 is 0 Å². The molecule has 3 saturated heterocycles. The van der Waals surface area contributed by atoms with Gasteiger partial charge in [0.2, 0.25) is 23.6 Å². The standard InChI is InChI=1S/C54H49F2N11O7/c1-29-48(30(2)74-63-29)33-13-16-42-41(23-33)61-51(43-7-4-8-47(70)65(43)36-14-15-38(55)39(56)24-36)66(42)35-19-21-64(22-20-35)28-46(69)60-34-26-58-50(59-27-34)32-11-9-31(10-12-32)25-57-40-6-3-5-37-49(40)54(73)67(53(37)72)44-17-18-45(68)62-52(44)71/h3,5-6,9-16,23-24,26-27,35,43-44,57H,4,7-8,17-22,25,28H2,1-2H3,(H,60,69)(H,62,68,71)/t43-,44?/m0/s1. The Kier molecular flexibility index (Phi) is 12.6. The van der Waals surface area contributed by atoms with Crippen LogP contribution < -0.4 is 20.9 Å². The number of halogens is 2. The van der Waals surface area contributed by atoms with Gasteiger partial charge in [-0.15, -0.1) is 0 Å². The Morgan fingerprint density at radius 2 is 1.57 bits per heavy atom. The molecule has 3 fully saturated rings. The van der Waals surface area contributed by atoms with Gasteiger partial charge in [0, 0.05) is 67.1 Å². The van der Waals surface area contributed by atoms with Crippen molar-refractivity contribution >= 4 is 63.5 Å². The average molecular weight is 1000 g/mol. The fraction of sp³-hybridized carbons (Fsp3) is 0.296. The molecule has 1 unspecified atom stereocenters. The van der Waals surface area contributed by atoms with E-state index in [0.29, 0.717) is 74.1 Å². The van der Waals surface area contributed by atoms with Crippen molar-refractivity contribution in [3.05, 3.63) is 137 Å². The van der Waals surface area contributed by atoms with Gasteiger partial charge in [-0.05, 0) is 93.5 Å². The lowest BCUT2D eigenvalue weighted by atomic mass is 9.98. The van der Waals surface area contributed by atoms with Gasteiger partial charge >= 0.3 is 0 Å². The lowest BCUT2D eigenvalue weighted by Crippen LogP contribution is -2.54. The Morgan fingerprint density at radius 3 is 2.30 bits per heavy atom. The van der Waals surface area contributed by atoms with E-state index in [2.05, 4.69) is 40.5 Å². The van der Waals surface area contributed by atoms with Gasteiger partial charge in [0.1, 0.15) is 17.6 Å². The van der Waals surface area contributed by atoms with Crippen LogP contribution in [0.15, 0.2) is 95.8 Å². The number of anilines is 3. The van der Waals surface area contributed by atoms with Crippen LogP contribution in [0.1, 0.15) is 101 Å². The maximum absolute atomic E-state index is 14.7. The molecule has 74 heavy (non-hydrogen) atoms. The van der Waals surface area contributed by atoms with E-state index < -0.39 is 47.3 Å². The minimum absolute atomic E-state index is 0.0334. The highest BCUT2D eigenvalue weighted by atomic mass is 19.2. The van der Waals surface area contributed by atoms with Crippen LogP contribution in [0.2, 0.25) is 0 Å². The number of imide groups is 2. The molecule has 4 aromatic carbocycles. The molecule has 0 bridgehead atoms. The monoisotopic (exact) mass is 1000 g/mol. The smallest absolute Gasteiger partial charge is 0.264 e. The number of carbonyl (C=O) groups is 6. The van der Waals surface area contributed by atoms with Gasteiger partial charge in [-0.2, -0.15) is 0 Å². The zero-order chi connectivity index (χ0) is 51.4. The number of amides is 6. The molecule has 3 aromatic heterocycles. The topological polar surface area (TPSA) is 218 Å². The maximum atomic E-state index is 14.7. The van der Waals surface area contributed by atoms with Crippen molar-refractivity contribution in [1.29, 1.82) is 0 Å². The van der Waals surface area contributed by atoms with Crippen LogP contribution in [0.4, 0.5) is 25.8 Å². The fourth-order valence-electron chi connectivity index (χ4n) is 10.8. The van der Waals surface area contributed by atoms with E-state index in [9.17, 15) is 37.5 Å². The number of rotatable bonds is 12. The van der Waals surface area contributed by atoms with Gasteiger partial charge in [-0.1, -0.05) is 41.6 Å². The Balaban J connectivity index is 0.729. The van der Waals surface area contributed by atoms with Gasteiger partial charge in [0.05, 0.1) is 58.5 Å². The zero-order valence-electron chi connectivity index (χ0n) is 40.4. The summed E-state index contributed by atoms with van der Waals surface area (Å²) in [5, 5.41) is 12.5. The highest BCUT2D eigenvalue weighted by Gasteiger charge is 2.46. The van der Waals surface area contributed by atoms with Crippen molar-refractivity contribution in [1.82, 2.24) is 39.8 Å². The molecular weight excluding hydrogens is 953 g/mol. The predicted molar refractivity (Wildman–Crippen MR) is 266 cm³/mol. The summed E-state index contributed by atoms with van der Waals surface area (Å²) in [6.07, 6.45) is 6.01. The van der Waals surface area contributed by atoms with Gasteiger partial charge in [-0.3, -0.25) is 43.9 Å². The number of benzene rings is 4. The van der Waals surface area contributed by atoms with Gasteiger partial charge in [-0.25, -0.2) is 23.7 Å². The lowest BCUT2D eigenvalue weighted by Gasteiger charge is -2.38. The van der Waals surface area contributed by atoms with E-state index in [1.807, 2.05) is 56.3 Å². The number of nitrogens with one attached hydrogen (secondary N) is 3. The molecule has 0 saturated carbocycles. The maximum Gasteiger partial charge on any atom is 0.264 e. The Bertz CT molecular complexity index is 3400. The molecule has 376 valence electrons. The largest absolute Gasteiger partial charge is 0.380 e. The molecule has 11 rings (SSSR count). The summed E-state index contributed by atoms with van der Waals surface area (Å²) in [5.41, 5.74) is 7.23. The first kappa shape index (κ1) is 47.8. The van der Waals surface area contributed by atoms with E-state index >= 15 is 0 Å². The third kappa shape index (κ3) is 8.94. The Hall–Kier alpha value is -8.52. The number of carbonyl (C=O) groups excluding carboxylic acids is 6. The number of aromatic nitrogens is 5. The zero-order valence-corrected chi connectivity index (χ0v) is 40.4. The van der Waals surface area contributed by atoms with Crippen LogP contribution in [0.3, 0.4) is 0 Å². The van der Waals surface area contributed by atoms with E-state index in [0.717, 1.165) is 56.0 Å². The number of hydrogen-bond acceptors (Lipinski definition) is 13. The number of aryl methyl sites for hydroxylation is 2. The summed E-state index contributed by atoms with van der Waals surface area (Å²) in [7, 11) is 0. The van der Waals surface area contributed by atoms with Gasteiger partial charge in [0.15, 0.2) is 17.5 Å². The van der Waals surface area contributed by atoms with Crippen molar-refractivity contribution in [2.75, 3.05) is 35.2 Å². The normalized spacial score (nSPS) is 18.6. The van der Waals surface area contributed by atoms with E-state index in [4.69, 9.17) is 9.51 Å². The van der Waals surface area contributed by atoms with E-state index in [1.54, 1.807) is 35.5 Å². The molecular formula is C54H49F2N11O7. The highest BCUT2D eigenvalue weighted by molar-refractivity contribution is 6.25. The molecule has 6 amide bonds. The van der Waals surface area contributed by atoms with Crippen molar-refractivity contribution < 1.29 is 42.1 Å². The molecule has 0 spiro atoms. The summed E-state index contributed by atoms with van der Waals surface area (Å²) in [5.74, 6) is -2.94. The molecule has 4 aliphatic rings. The molecule has 7 aromatic rings. The second kappa shape index (κ2) is 19.5. The van der Waals surface area contributed by atoms with Crippen molar-refractivity contribution in [3.8, 4) is 22.5 Å². The van der Waals surface area contributed by atoms with Crippen LogP contribution in [-0.2, 0) is 25.7 Å². The van der Waals surface area contributed by atoms with E-state index in [1.165, 1.54) is 6.07 Å². The number of piperidine rings is 3. The van der Waals surface area contributed by atoms with Crippen LogP contribution in [0, 0.1) is 25.5 Å². The Morgan fingerprint density at radius 1 is 0.797 bits per heavy atom. The first-order chi connectivity index (χ1) is 35.8. The fourth-order valence-corrected chi connectivity index (χ4v) is 10.8. The highest BCUT2D eigenvalue weighted by Crippen LogP contribution is 2.41. The first-order valence-electron chi connectivity index (χ1n) is 24.5. The Labute approximate surface area is 422 Å². The van der Waals surface area contributed by atoms with Crippen molar-refractivity contribution in [2.24, 2.45) is 0 Å². The third-order valence-corrected chi connectivity index (χ3v) is 14.4. The summed E-state index contributed by atoms with van der Waals surface area (Å²) < 4.78 is 36.4. The molecule has 3 N–H and O–H groups in total. The third-order valence-electron chi connectivity index (χ3n) is 14.4. The molecule has 7 heterocycles. The number of nitrogens with zero attached hydrogens (tertiary/aromatic N) is 8. The number of hydrogen-bond donors (Lipinski definition) is 3. The number of fused-ring (bicyclic) bond motifs is 2. The van der Waals surface area contributed by atoms with E-state index in [-0.39, 0.29) is 60.5 Å². The summed E-state index contributed by atoms with van der Waals surface area (Å²) >= 11 is 0. The summed E-state index contributed by atoms with van der Waals surface area (Å²) in [4.78, 5) is 96.9. The van der Waals surface area contributed by atoms with Gasteiger partial charge in [0.25, 0.3) is 11.8 Å². The molecule has 2 atom stereocenters. The minimum atomic E-state index is -1.06. The van der Waals surface area contributed by atoms with Crippen LogP contribution in [0.5, 0.6) is 0 Å². The number of imidazole rings is 1. The summed E-state index contributed by atoms with van der Waals surface area (Å²) in [6.45, 7) is 5.39. The van der Waals surface area contributed by atoms with Crippen LogP contribution in [0.25, 0.3) is 33.5 Å². The molecule has 18 nitrogen and oxygen atoms in total. The van der Waals surface area contributed by atoms with Crippen LogP contribution in [-0.4, -0.2) is 95.6 Å². The number of likely N-dealkylation sites (tertiary alicyclic amines) is 1. The second-order valence-electron chi connectivity index (χ2n) is 19.1. The van der Waals surface area contributed by atoms with Crippen molar-refractivity contribution in [2.45, 2.75) is 83.5 Å². The summed E-state index contributed by atoms with van der Waals surface area (Å²) in [6, 6.07) is 20.3. The predicted octanol–water partition coefficient (Wildman–Crippen LogP) is 7.59. The first-order valence-corrected chi connectivity index (χ1v) is 24.5. The average Bonchev–Trinajstić information content (AvgIpc) is 4.03. The van der Waals surface area contributed by atoms with Crippen molar-refractivity contribution in [3.63, 3.8) is 0 Å². The molecule has 4 aliphatic heterocycles. The quantitative estimate of drug-likeness (QED) is 0.101. The lowest BCUT2D eigenvalue weighted by molar-refractivity contribution is -0.136. The molecule has 20 heteroatoms.